The van der Waals surface area contributed by atoms with Crippen LogP contribution in [0.5, 0.6) is 0 Å². The van der Waals surface area contributed by atoms with Gasteiger partial charge in [-0.15, -0.1) is 12.4 Å². The highest BCUT2D eigenvalue weighted by Crippen LogP contribution is 2.35. The molecule has 5 rings (SSSR count). The van der Waals surface area contributed by atoms with E-state index >= 15 is 0 Å². The van der Waals surface area contributed by atoms with E-state index in [-0.39, 0.29) is 36.2 Å². The predicted molar refractivity (Wildman–Crippen MR) is 123 cm³/mol. The minimum atomic E-state index is -0.247. The van der Waals surface area contributed by atoms with Crippen molar-refractivity contribution in [3.8, 4) is 0 Å². The van der Waals surface area contributed by atoms with E-state index in [0.29, 0.717) is 19.7 Å². The van der Waals surface area contributed by atoms with Crippen LogP contribution >= 0.6 is 12.4 Å². The van der Waals surface area contributed by atoms with Crippen LogP contribution in [-0.2, 0) is 27.9 Å². The number of ether oxygens (including phenoxy) is 2. The number of fused-ring (bicyclic) bond motifs is 1. The number of rotatable bonds is 5. The molecule has 0 N–H and O–H groups in total. The van der Waals surface area contributed by atoms with Gasteiger partial charge in [-0.1, -0.05) is 6.08 Å². The highest BCUT2D eigenvalue weighted by molar-refractivity contribution is 6.20. The van der Waals surface area contributed by atoms with Crippen LogP contribution < -0.4 is 0 Å². The highest BCUT2D eigenvalue weighted by Gasteiger charge is 2.36. The first kappa shape index (κ1) is 22.8. The number of nitrogens with zero attached hydrogens (tertiary/aromatic N) is 4. The first-order valence-electron chi connectivity index (χ1n) is 11.0. The standard InChI is InChI=1S/C23H28N4O4.ClH/c1-25-13-17(14-26-4-7-30-8-5-26)10-18(25)12-20-19-11-16(2-3-21(19)24-22(20)28)15-27-6-9-31-23(27)29;/h2-3,10,12-13,16,19H,4-9,11,14-15H2,1H3;1H/b20-12-;. The number of allylic oxidation sites excluding steroid dienone is 1. The van der Waals surface area contributed by atoms with Gasteiger partial charge >= 0.3 is 6.09 Å². The van der Waals surface area contributed by atoms with E-state index in [4.69, 9.17) is 9.47 Å². The minimum Gasteiger partial charge on any atom is -0.448 e. The minimum absolute atomic E-state index is 0. The van der Waals surface area contributed by atoms with Gasteiger partial charge in [0.1, 0.15) is 6.61 Å². The summed E-state index contributed by atoms with van der Waals surface area (Å²) in [4.78, 5) is 32.9. The number of aromatic nitrogens is 1. The molecule has 0 spiro atoms. The molecule has 2 fully saturated rings. The van der Waals surface area contributed by atoms with Crippen molar-refractivity contribution in [2.45, 2.75) is 13.0 Å². The SMILES string of the molecule is Cl.Cn1cc(CN2CCOCC2)cc1/C=C1\C(=O)N=C2C=CC(CN3CCOC3=O)CC21. The molecule has 0 bridgehead atoms. The number of hydrogen-bond acceptors (Lipinski definition) is 5. The first-order chi connectivity index (χ1) is 15.1. The molecule has 4 heterocycles. The Morgan fingerprint density at radius 2 is 2.00 bits per heavy atom. The lowest BCUT2D eigenvalue weighted by atomic mass is 9.81. The summed E-state index contributed by atoms with van der Waals surface area (Å²) in [7, 11) is 2.01. The summed E-state index contributed by atoms with van der Waals surface area (Å²) in [6.07, 6.45) is 8.68. The van der Waals surface area contributed by atoms with Gasteiger partial charge in [0.05, 0.1) is 25.5 Å². The van der Waals surface area contributed by atoms with Crippen molar-refractivity contribution in [1.82, 2.24) is 14.4 Å². The van der Waals surface area contributed by atoms with Crippen LogP contribution in [0.3, 0.4) is 0 Å². The van der Waals surface area contributed by atoms with Gasteiger partial charge in [-0.3, -0.25) is 9.69 Å². The monoisotopic (exact) mass is 460 g/mol. The molecule has 0 aromatic carbocycles. The topological polar surface area (TPSA) is 76.4 Å². The van der Waals surface area contributed by atoms with Crippen LogP contribution in [0.15, 0.2) is 35.0 Å². The number of carbonyl (C=O) groups excluding carboxylic acids is 2. The Morgan fingerprint density at radius 3 is 2.75 bits per heavy atom. The fourth-order valence-electron chi connectivity index (χ4n) is 4.82. The Hall–Kier alpha value is -2.42. The number of aliphatic imine (C=N–C) groups is 1. The Bertz CT molecular complexity index is 977. The molecular weight excluding hydrogens is 432 g/mol. The second kappa shape index (κ2) is 9.60. The van der Waals surface area contributed by atoms with Gasteiger partial charge < -0.3 is 18.9 Å². The van der Waals surface area contributed by atoms with Gasteiger partial charge in [0, 0.05) is 56.6 Å². The maximum Gasteiger partial charge on any atom is 0.409 e. The van der Waals surface area contributed by atoms with Crippen molar-refractivity contribution in [2.24, 2.45) is 23.9 Å². The largest absolute Gasteiger partial charge is 0.448 e. The zero-order chi connectivity index (χ0) is 21.4. The zero-order valence-electron chi connectivity index (χ0n) is 18.2. The summed E-state index contributed by atoms with van der Waals surface area (Å²) in [5, 5.41) is 0. The first-order valence-corrected chi connectivity index (χ1v) is 11.0. The number of carbonyl (C=O) groups is 2. The second-order valence-electron chi connectivity index (χ2n) is 8.68. The van der Waals surface area contributed by atoms with E-state index in [1.54, 1.807) is 4.90 Å². The van der Waals surface area contributed by atoms with Crippen LogP contribution in [0.25, 0.3) is 6.08 Å². The lowest BCUT2D eigenvalue weighted by Gasteiger charge is -2.26. The molecule has 0 saturated carbocycles. The Morgan fingerprint density at radius 1 is 1.19 bits per heavy atom. The van der Waals surface area contributed by atoms with Gasteiger partial charge in [-0.25, -0.2) is 9.79 Å². The summed E-state index contributed by atoms with van der Waals surface area (Å²) in [6, 6.07) is 2.16. The summed E-state index contributed by atoms with van der Waals surface area (Å²) >= 11 is 0. The number of cyclic esters (lactones) is 1. The Kier molecular flexibility index (Phi) is 6.83. The quantitative estimate of drug-likeness (QED) is 0.630. The van der Waals surface area contributed by atoms with Crippen molar-refractivity contribution in [2.75, 3.05) is 46.0 Å². The van der Waals surface area contributed by atoms with Crippen LogP contribution in [0.2, 0.25) is 0 Å². The van der Waals surface area contributed by atoms with E-state index in [1.807, 2.05) is 19.2 Å². The Labute approximate surface area is 194 Å². The van der Waals surface area contributed by atoms with E-state index in [9.17, 15) is 9.59 Å². The fraction of sp³-hybridized carbons (Fsp3) is 0.522. The fourth-order valence-corrected chi connectivity index (χ4v) is 4.82. The average molecular weight is 461 g/mol. The summed E-state index contributed by atoms with van der Waals surface area (Å²) < 4.78 is 12.5. The maximum atomic E-state index is 12.7. The summed E-state index contributed by atoms with van der Waals surface area (Å²) in [5.41, 5.74) is 3.82. The number of morpholine rings is 1. The average Bonchev–Trinajstić information content (AvgIpc) is 3.41. The lowest BCUT2D eigenvalue weighted by Crippen LogP contribution is -2.35. The second-order valence-corrected chi connectivity index (χ2v) is 8.68. The molecule has 2 amide bonds. The van der Waals surface area contributed by atoms with E-state index < -0.39 is 0 Å². The molecule has 8 nitrogen and oxygen atoms in total. The molecule has 1 aromatic rings. The Balaban J connectivity index is 0.00000245. The van der Waals surface area contributed by atoms with Crippen molar-refractivity contribution in [3.63, 3.8) is 0 Å². The van der Waals surface area contributed by atoms with Gasteiger partial charge in [0.15, 0.2) is 0 Å². The van der Waals surface area contributed by atoms with Gasteiger partial charge in [0.2, 0.25) is 0 Å². The van der Waals surface area contributed by atoms with Gasteiger partial charge in [-0.2, -0.15) is 0 Å². The third-order valence-electron chi connectivity index (χ3n) is 6.50. The van der Waals surface area contributed by atoms with Crippen molar-refractivity contribution >= 4 is 36.2 Å². The van der Waals surface area contributed by atoms with Crippen LogP contribution in [0.1, 0.15) is 17.7 Å². The van der Waals surface area contributed by atoms with E-state index in [2.05, 4.69) is 32.8 Å². The smallest absolute Gasteiger partial charge is 0.409 e. The molecule has 1 aromatic heterocycles. The molecule has 9 heteroatoms. The molecular formula is C23H29ClN4O4. The van der Waals surface area contributed by atoms with E-state index in [1.165, 1.54) is 5.56 Å². The number of hydrogen-bond donors (Lipinski definition) is 0. The van der Waals surface area contributed by atoms with Crippen molar-refractivity contribution in [1.29, 1.82) is 0 Å². The number of halogens is 1. The van der Waals surface area contributed by atoms with E-state index in [0.717, 1.165) is 56.2 Å². The van der Waals surface area contributed by atoms with Crippen molar-refractivity contribution < 1.29 is 19.1 Å². The maximum absolute atomic E-state index is 12.7. The van der Waals surface area contributed by atoms with Crippen LogP contribution in [-0.4, -0.2) is 78.1 Å². The third-order valence-corrected chi connectivity index (χ3v) is 6.50. The number of amides is 2. The predicted octanol–water partition coefficient (Wildman–Crippen LogP) is 2.29. The number of aryl methyl sites for hydroxylation is 1. The molecule has 32 heavy (non-hydrogen) atoms. The molecule has 2 saturated heterocycles. The summed E-state index contributed by atoms with van der Waals surface area (Å²) in [5.74, 6) is 0.0229. The zero-order valence-corrected chi connectivity index (χ0v) is 19.1. The highest BCUT2D eigenvalue weighted by atomic mass is 35.5. The van der Waals surface area contributed by atoms with Crippen LogP contribution in [0.4, 0.5) is 4.79 Å². The third kappa shape index (κ3) is 4.67. The molecule has 2 unspecified atom stereocenters. The molecule has 0 radical (unpaired) electrons. The molecule has 2 atom stereocenters. The lowest BCUT2D eigenvalue weighted by molar-refractivity contribution is -0.114. The van der Waals surface area contributed by atoms with Gasteiger partial charge in [0.25, 0.3) is 5.91 Å². The van der Waals surface area contributed by atoms with Crippen LogP contribution in [0, 0.1) is 11.8 Å². The summed E-state index contributed by atoms with van der Waals surface area (Å²) in [6.45, 7) is 6.04. The molecule has 3 aliphatic heterocycles. The molecule has 1 aliphatic carbocycles. The van der Waals surface area contributed by atoms with Gasteiger partial charge in [-0.05, 0) is 36.1 Å². The molecule has 4 aliphatic rings. The molecule has 172 valence electrons. The normalized spacial score (nSPS) is 26.8. The van der Waals surface area contributed by atoms with Crippen molar-refractivity contribution in [3.05, 3.63) is 41.2 Å².